The van der Waals surface area contributed by atoms with E-state index in [1.807, 2.05) is 170 Å². The number of benzene rings is 8. The summed E-state index contributed by atoms with van der Waals surface area (Å²) in [6.45, 7) is 0. The first-order valence-electron chi connectivity index (χ1n) is 25.0. The quantitative estimate of drug-likeness (QED) is 0.0694. The van der Waals surface area contributed by atoms with Gasteiger partial charge in [-0.3, -0.25) is 0 Å². The predicted octanol–water partition coefficient (Wildman–Crippen LogP) is 13.3. The van der Waals surface area contributed by atoms with Crippen LogP contribution in [-0.4, -0.2) is 0 Å². The molecule has 0 atom stereocenters. The second-order valence-corrected chi connectivity index (χ2v) is 30.3. The third kappa shape index (κ3) is 16.9. The van der Waals surface area contributed by atoms with Crippen LogP contribution in [0, 0.1) is 0 Å². The third-order valence-corrected chi connectivity index (χ3v) is 24.3. The maximum Gasteiger partial charge on any atom is 0.0908 e. The van der Waals surface area contributed by atoms with Crippen LogP contribution in [0.5, 0.6) is 0 Å². The third-order valence-electron chi connectivity index (χ3n) is 12.6. The molecule has 0 heterocycles. The molecule has 0 amide bonds. The zero-order valence-corrected chi connectivity index (χ0v) is 51.9. The Labute approximate surface area is 507 Å². The van der Waals surface area contributed by atoms with Gasteiger partial charge in [0.05, 0.1) is 21.2 Å². The summed E-state index contributed by atoms with van der Waals surface area (Å²) in [5.41, 5.74) is 0. The maximum atomic E-state index is 13.7. The largest absolute Gasteiger partial charge is 0.210 e. The van der Waals surface area contributed by atoms with Crippen molar-refractivity contribution in [2.45, 2.75) is 0 Å². The first-order valence-corrected chi connectivity index (χ1v) is 35.5. The minimum Gasteiger partial charge on any atom is -0.210 e. The topological polar surface area (TPSA) is 34.1 Å². The minimum atomic E-state index is -2.73. The van der Waals surface area contributed by atoms with E-state index in [2.05, 4.69) is 170 Å². The fraction of sp³-hybridized carbons (Fsp3) is 0. The Hall–Kier alpha value is -5.24. The molecule has 12 aromatic rings. The molecular weight excluding hydrogens is 1260 g/mol. The smallest absolute Gasteiger partial charge is 0.0908 e. The zero-order chi connectivity index (χ0) is 53.4. The van der Waals surface area contributed by atoms with Crippen molar-refractivity contribution in [3.05, 3.63) is 340 Å². The van der Waals surface area contributed by atoms with Gasteiger partial charge >= 0.3 is 35.0 Å². The molecule has 79 heavy (non-hydrogen) atoms. The van der Waals surface area contributed by atoms with E-state index in [-0.39, 0.29) is 50.1 Å². The van der Waals surface area contributed by atoms with Gasteiger partial charge in [0.2, 0.25) is 0 Å². The fourth-order valence-corrected chi connectivity index (χ4v) is 19.6. The van der Waals surface area contributed by atoms with Crippen LogP contribution in [0.1, 0.15) is 0 Å². The number of halogens is 2. The molecule has 0 spiro atoms. The van der Waals surface area contributed by atoms with E-state index in [9.17, 15) is 9.13 Å². The van der Waals surface area contributed by atoms with Crippen molar-refractivity contribution in [3.63, 3.8) is 0 Å². The van der Waals surface area contributed by atoms with E-state index in [0.717, 1.165) is 31.8 Å². The minimum absolute atomic E-state index is 0. The Morgan fingerprint density at radius 3 is 0.620 bits per heavy atom. The molecule has 12 rings (SSSR count). The summed E-state index contributed by atoms with van der Waals surface area (Å²) in [6.07, 6.45) is 0. The van der Waals surface area contributed by atoms with Crippen molar-refractivity contribution < 1.29 is 59.2 Å². The first kappa shape index (κ1) is 63.0. The summed E-state index contributed by atoms with van der Waals surface area (Å²) < 4.78 is 27.4. The summed E-state index contributed by atoms with van der Waals surface area (Å²) in [7, 11) is 2.50. The summed E-state index contributed by atoms with van der Waals surface area (Å²) in [5.74, 6) is 0. The predicted molar refractivity (Wildman–Crippen MR) is 339 cm³/mol. The monoisotopic (exact) mass is 1320 g/mol. The van der Waals surface area contributed by atoms with Crippen LogP contribution in [0.4, 0.5) is 0 Å². The SMILES string of the molecule is O=P(c1ccccc1)(c1ccccc1)[c-]1cccc1.O=P(c1ccccc1)(c1ccccc1)[c-]1cccc1.[Cl][Pd][Cl].[Fe].[Fe].c1ccc([PH+](c2ccccc2)[c-]2cccc2)cc1.c1ccc([PH+](c2ccccc2)[c-]2cccc2)cc1. The van der Waals surface area contributed by atoms with E-state index < -0.39 is 30.1 Å². The molecule has 0 aliphatic heterocycles. The van der Waals surface area contributed by atoms with Crippen LogP contribution < -0.4 is 63.7 Å². The van der Waals surface area contributed by atoms with Crippen molar-refractivity contribution in [2.75, 3.05) is 0 Å². The molecule has 0 unspecified atom stereocenters. The standard InChI is InChI=1S/2C17H14OP.2C17H15P.2ClH.2Fe.Pd/c2*18-19(17-13-7-8-14-17,15-9-3-1-4-10-15)16-11-5-2-6-12-16;2*1-3-9-15(10-4-1)18(17-13-7-8-14-17)16-11-5-2-6-12-16;;;;;/h2*1-14H;2*1-14,18H;2*1H;;;/q2*-1;;;;;;;+2/p-2. The molecule has 12 aromatic carbocycles. The molecule has 0 bridgehead atoms. The van der Waals surface area contributed by atoms with Gasteiger partial charge in [0.25, 0.3) is 0 Å². The average molecular weight is 1320 g/mol. The Morgan fingerprint density at radius 2 is 0.430 bits per heavy atom. The zero-order valence-electron chi connectivity index (χ0n) is 42.8. The Morgan fingerprint density at radius 1 is 0.266 bits per heavy atom. The second kappa shape index (κ2) is 33.5. The van der Waals surface area contributed by atoms with Crippen molar-refractivity contribution in [2.24, 2.45) is 0 Å². The number of hydrogen-bond donors (Lipinski definition) is 0. The van der Waals surface area contributed by atoms with Crippen LogP contribution in [0.15, 0.2) is 340 Å². The van der Waals surface area contributed by atoms with Gasteiger partial charge in [-0.15, -0.1) is 24.3 Å². The van der Waals surface area contributed by atoms with Crippen molar-refractivity contribution in [1.82, 2.24) is 0 Å². The van der Waals surface area contributed by atoms with Crippen molar-refractivity contribution in [3.8, 4) is 0 Å². The summed E-state index contributed by atoms with van der Waals surface area (Å²) in [6, 6.07) is 115. The molecule has 0 saturated heterocycles. The average Bonchev–Trinajstić information content (AvgIpc) is 4.41. The second-order valence-electron chi connectivity index (χ2n) is 17.5. The summed E-state index contributed by atoms with van der Waals surface area (Å²) in [4.78, 5) is 0. The van der Waals surface area contributed by atoms with Crippen LogP contribution in [0.3, 0.4) is 0 Å². The van der Waals surface area contributed by atoms with Gasteiger partial charge in [-0.1, -0.05) is 205 Å². The van der Waals surface area contributed by atoms with E-state index in [4.69, 9.17) is 19.1 Å². The molecule has 0 fully saturated rings. The summed E-state index contributed by atoms with van der Waals surface area (Å²) in [5, 5.41) is 14.0. The van der Waals surface area contributed by atoms with E-state index in [1.54, 1.807) is 0 Å². The molecule has 0 aromatic heterocycles. The summed E-state index contributed by atoms with van der Waals surface area (Å²) >= 11 is -0.106. The Kier molecular flexibility index (Phi) is 26.7. The molecule has 2 nitrogen and oxygen atoms in total. The van der Waals surface area contributed by atoms with Gasteiger partial charge in [-0.05, 0) is 59.1 Å². The molecule has 0 radical (unpaired) electrons. The molecule has 0 N–H and O–H groups in total. The van der Waals surface area contributed by atoms with Gasteiger partial charge in [0.15, 0.2) is 0 Å². The van der Waals surface area contributed by atoms with Crippen molar-refractivity contribution in [1.29, 1.82) is 0 Å². The first-order chi connectivity index (χ1) is 37.9. The molecule has 0 aliphatic carbocycles. The number of hydrogen-bond acceptors (Lipinski definition) is 2. The van der Waals surface area contributed by atoms with Gasteiger partial charge in [-0.2, -0.15) is 24.3 Å². The molecule has 0 saturated carbocycles. The normalized spacial score (nSPS) is 10.6. The van der Waals surface area contributed by atoms with Crippen molar-refractivity contribution >= 4 is 113 Å². The Bertz CT molecular complexity index is 3140. The Balaban J connectivity index is 0.000000166. The van der Waals surface area contributed by atoms with E-state index in [1.165, 1.54) is 31.8 Å². The van der Waals surface area contributed by atoms with Gasteiger partial charge in [-0.25, -0.2) is 48.5 Å². The molecule has 0 aliphatic rings. The van der Waals surface area contributed by atoms with Crippen LogP contribution in [0.2, 0.25) is 0 Å². The molecule has 404 valence electrons. The maximum absolute atomic E-state index is 13.7. The van der Waals surface area contributed by atoms with E-state index >= 15 is 0 Å². The van der Waals surface area contributed by atoms with E-state index in [0.29, 0.717) is 0 Å². The van der Waals surface area contributed by atoms with Gasteiger partial charge in [0.1, 0.15) is 14.3 Å². The van der Waals surface area contributed by atoms with Crippen LogP contribution >= 0.6 is 49.2 Å². The van der Waals surface area contributed by atoms with Crippen LogP contribution in [0.25, 0.3) is 0 Å². The fourth-order valence-electron chi connectivity index (χ4n) is 9.09. The number of rotatable bonds is 12. The molecule has 11 heteroatoms. The van der Waals surface area contributed by atoms with Crippen LogP contribution in [-0.2, 0) is 59.2 Å². The van der Waals surface area contributed by atoms with Gasteiger partial charge < -0.3 is 9.13 Å². The molecular formula is C68H58Cl2Fe2O2P4Pd-2. The van der Waals surface area contributed by atoms with Gasteiger partial charge in [0, 0.05) is 71.2 Å².